The second-order valence-corrected chi connectivity index (χ2v) is 5.53. The van der Waals surface area contributed by atoms with Crippen LogP contribution in [-0.2, 0) is 6.42 Å². The fraction of sp³-hybridized carbons (Fsp3) is 0.167. The molecule has 1 aromatic heterocycles. The molecule has 0 saturated heterocycles. The molecule has 2 heterocycles. The topological polar surface area (TPSA) is 36.4 Å². The molecule has 3 nitrogen and oxygen atoms in total. The van der Waals surface area contributed by atoms with Gasteiger partial charge in [0.25, 0.3) is 0 Å². The number of benzene rings is 2. The summed E-state index contributed by atoms with van der Waals surface area (Å²) < 4.78 is 0. The smallest absolute Gasteiger partial charge is 0.133 e. The maximum absolute atomic E-state index is 9.68. The summed E-state index contributed by atoms with van der Waals surface area (Å²) in [6, 6.07) is 16.0. The van der Waals surface area contributed by atoms with Crippen molar-refractivity contribution in [2.45, 2.75) is 13.3 Å². The number of hydrogen-bond acceptors (Lipinski definition) is 3. The second kappa shape index (κ2) is 4.48. The largest absolute Gasteiger partial charge is 0.508 e. The Labute approximate surface area is 123 Å². The minimum Gasteiger partial charge on any atom is -0.508 e. The summed E-state index contributed by atoms with van der Waals surface area (Å²) in [6.45, 7) is 3.04. The SMILES string of the molecule is Cc1cc(N2CCc3ccccc32)nc2cc(O)ccc12. The molecule has 0 aliphatic carbocycles. The van der Waals surface area contributed by atoms with Crippen LogP contribution in [0, 0.1) is 6.92 Å². The maximum Gasteiger partial charge on any atom is 0.133 e. The van der Waals surface area contributed by atoms with Crippen LogP contribution in [0.15, 0.2) is 48.5 Å². The molecule has 0 radical (unpaired) electrons. The molecule has 0 saturated carbocycles. The first kappa shape index (κ1) is 12.2. The third kappa shape index (κ3) is 1.93. The molecule has 3 heteroatoms. The van der Waals surface area contributed by atoms with Gasteiger partial charge in [-0.3, -0.25) is 0 Å². The standard InChI is InChI=1S/C18H16N2O/c1-12-10-18(19-16-11-14(21)6-7-15(12)16)20-9-8-13-4-2-3-5-17(13)20/h2-7,10-11,21H,8-9H2,1H3. The van der Waals surface area contributed by atoms with Crippen molar-refractivity contribution in [3.63, 3.8) is 0 Å². The van der Waals surface area contributed by atoms with E-state index in [1.807, 2.05) is 6.07 Å². The zero-order valence-corrected chi connectivity index (χ0v) is 11.9. The Hall–Kier alpha value is -2.55. The van der Waals surface area contributed by atoms with Crippen molar-refractivity contribution in [3.8, 4) is 5.75 Å². The van der Waals surface area contributed by atoms with Crippen molar-refractivity contribution in [1.29, 1.82) is 0 Å². The van der Waals surface area contributed by atoms with Crippen LogP contribution in [0.3, 0.4) is 0 Å². The summed E-state index contributed by atoms with van der Waals surface area (Å²) in [5, 5.41) is 10.8. The minimum absolute atomic E-state index is 0.258. The molecule has 0 unspecified atom stereocenters. The monoisotopic (exact) mass is 276 g/mol. The average Bonchev–Trinajstić information content (AvgIpc) is 2.90. The summed E-state index contributed by atoms with van der Waals surface area (Å²) in [5.41, 5.74) is 4.63. The van der Waals surface area contributed by atoms with Gasteiger partial charge < -0.3 is 10.0 Å². The van der Waals surface area contributed by atoms with E-state index in [4.69, 9.17) is 4.98 Å². The molecule has 0 fully saturated rings. The Bertz CT molecular complexity index is 842. The quantitative estimate of drug-likeness (QED) is 0.731. The first-order chi connectivity index (χ1) is 10.2. The minimum atomic E-state index is 0.258. The first-order valence-electron chi connectivity index (χ1n) is 7.18. The van der Waals surface area contributed by atoms with Crippen LogP contribution in [0.1, 0.15) is 11.1 Å². The van der Waals surface area contributed by atoms with Crippen molar-refractivity contribution in [3.05, 3.63) is 59.7 Å². The average molecular weight is 276 g/mol. The van der Waals surface area contributed by atoms with Gasteiger partial charge in [0.1, 0.15) is 11.6 Å². The highest BCUT2D eigenvalue weighted by Gasteiger charge is 2.21. The zero-order valence-electron chi connectivity index (χ0n) is 11.9. The van der Waals surface area contributed by atoms with Gasteiger partial charge in [0.15, 0.2) is 0 Å². The Morgan fingerprint density at radius 3 is 2.86 bits per heavy atom. The summed E-state index contributed by atoms with van der Waals surface area (Å²) in [5.74, 6) is 1.21. The molecule has 0 bridgehead atoms. The van der Waals surface area contributed by atoms with Crippen molar-refractivity contribution < 1.29 is 5.11 Å². The first-order valence-corrected chi connectivity index (χ1v) is 7.18. The lowest BCUT2D eigenvalue weighted by molar-refractivity contribution is 0.476. The molecule has 0 spiro atoms. The Balaban J connectivity index is 1.88. The van der Waals surface area contributed by atoms with E-state index in [1.165, 1.54) is 16.8 Å². The Morgan fingerprint density at radius 2 is 1.95 bits per heavy atom. The number of pyridine rings is 1. The second-order valence-electron chi connectivity index (χ2n) is 5.53. The van der Waals surface area contributed by atoms with Gasteiger partial charge in [-0.2, -0.15) is 0 Å². The zero-order chi connectivity index (χ0) is 14.4. The van der Waals surface area contributed by atoms with Crippen molar-refractivity contribution in [1.82, 2.24) is 4.98 Å². The molecule has 104 valence electrons. The predicted molar refractivity (Wildman–Crippen MR) is 85.3 cm³/mol. The number of fused-ring (bicyclic) bond motifs is 2. The highest BCUT2D eigenvalue weighted by Crippen LogP contribution is 2.35. The molecular formula is C18H16N2O. The number of nitrogens with zero attached hydrogens (tertiary/aromatic N) is 2. The van der Waals surface area contributed by atoms with E-state index in [2.05, 4.69) is 42.2 Å². The number of hydrogen-bond donors (Lipinski definition) is 1. The summed E-state index contributed by atoms with van der Waals surface area (Å²) in [7, 11) is 0. The molecule has 21 heavy (non-hydrogen) atoms. The number of anilines is 2. The van der Waals surface area contributed by atoms with Gasteiger partial charge in [-0.05, 0) is 48.7 Å². The van der Waals surface area contributed by atoms with Crippen molar-refractivity contribution >= 4 is 22.4 Å². The molecule has 3 aromatic rings. The van der Waals surface area contributed by atoms with E-state index in [-0.39, 0.29) is 5.75 Å². The van der Waals surface area contributed by atoms with Gasteiger partial charge in [0, 0.05) is 23.7 Å². The van der Waals surface area contributed by atoms with Crippen LogP contribution in [0.4, 0.5) is 11.5 Å². The molecule has 4 rings (SSSR count). The number of rotatable bonds is 1. The van der Waals surface area contributed by atoms with Crippen LogP contribution in [0.25, 0.3) is 10.9 Å². The van der Waals surface area contributed by atoms with Gasteiger partial charge >= 0.3 is 0 Å². The van der Waals surface area contributed by atoms with Crippen LogP contribution >= 0.6 is 0 Å². The summed E-state index contributed by atoms with van der Waals surface area (Å²) in [6.07, 6.45) is 1.05. The van der Waals surface area contributed by atoms with Crippen LogP contribution < -0.4 is 4.90 Å². The maximum atomic E-state index is 9.68. The lowest BCUT2D eigenvalue weighted by Crippen LogP contribution is -2.15. The summed E-state index contributed by atoms with van der Waals surface area (Å²) in [4.78, 5) is 7.00. The van der Waals surface area contributed by atoms with Crippen molar-refractivity contribution in [2.24, 2.45) is 0 Å². The van der Waals surface area contributed by atoms with E-state index >= 15 is 0 Å². The normalized spacial score (nSPS) is 13.7. The van der Waals surface area contributed by atoms with Gasteiger partial charge in [-0.25, -0.2) is 4.98 Å². The third-order valence-electron chi connectivity index (χ3n) is 4.15. The van der Waals surface area contributed by atoms with E-state index < -0.39 is 0 Å². The fourth-order valence-electron chi connectivity index (χ4n) is 3.09. The van der Waals surface area contributed by atoms with E-state index in [0.29, 0.717) is 0 Å². The van der Waals surface area contributed by atoms with Crippen LogP contribution in [0.2, 0.25) is 0 Å². The van der Waals surface area contributed by atoms with Gasteiger partial charge in [-0.1, -0.05) is 18.2 Å². The highest BCUT2D eigenvalue weighted by molar-refractivity contribution is 5.86. The lowest BCUT2D eigenvalue weighted by atomic mass is 10.1. The number of aromatic nitrogens is 1. The third-order valence-corrected chi connectivity index (χ3v) is 4.15. The van der Waals surface area contributed by atoms with Crippen LogP contribution in [0.5, 0.6) is 5.75 Å². The highest BCUT2D eigenvalue weighted by atomic mass is 16.3. The molecule has 0 atom stereocenters. The van der Waals surface area contributed by atoms with Crippen LogP contribution in [-0.4, -0.2) is 16.6 Å². The van der Waals surface area contributed by atoms with E-state index in [1.54, 1.807) is 12.1 Å². The number of phenols is 1. The van der Waals surface area contributed by atoms with Crippen molar-refractivity contribution in [2.75, 3.05) is 11.4 Å². The summed E-state index contributed by atoms with van der Waals surface area (Å²) >= 11 is 0. The number of para-hydroxylation sites is 1. The number of phenolic OH excluding ortho intramolecular Hbond substituents is 1. The Kier molecular flexibility index (Phi) is 2.61. The van der Waals surface area contributed by atoms with Gasteiger partial charge in [0.2, 0.25) is 0 Å². The fourth-order valence-corrected chi connectivity index (χ4v) is 3.09. The molecular weight excluding hydrogens is 260 g/mol. The lowest BCUT2D eigenvalue weighted by Gasteiger charge is -2.19. The van der Waals surface area contributed by atoms with E-state index in [0.717, 1.165) is 29.7 Å². The Morgan fingerprint density at radius 1 is 1.10 bits per heavy atom. The number of aromatic hydroxyl groups is 1. The molecule has 2 aromatic carbocycles. The number of aryl methyl sites for hydroxylation is 1. The molecule has 1 N–H and O–H groups in total. The van der Waals surface area contributed by atoms with Gasteiger partial charge in [-0.15, -0.1) is 0 Å². The van der Waals surface area contributed by atoms with E-state index in [9.17, 15) is 5.11 Å². The molecule has 1 aliphatic rings. The van der Waals surface area contributed by atoms with Gasteiger partial charge in [0.05, 0.1) is 5.52 Å². The molecule has 0 amide bonds. The predicted octanol–water partition coefficient (Wildman–Crippen LogP) is 3.94. The molecule has 1 aliphatic heterocycles.